The first-order chi connectivity index (χ1) is 8.66. The molecule has 2 N–H and O–H groups in total. The Kier molecular flexibility index (Phi) is 3.57. The molecule has 0 atom stereocenters. The van der Waals surface area contributed by atoms with E-state index in [9.17, 15) is 4.79 Å². The summed E-state index contributed by atoms with van der Waals surface area (Å²) in [6.07, 6.45) is 1.65. The number of nitrogens with zero attached hydrogens (tertiary/aromatic N) is 1. The van der Waals surface area contributed by atoms with Crippen molar-refractivity contribution in [2.24, 2.45) is 0 Å². The first kappa shape index (κ1) is 12.1. The highest BCUT2D eigenvalue weighted by molar-refractivity contribution is 5.99. The van der Waals surface area contributed by atoms with Gasteiger partial charge in [-0.15, -0.1) is 0 Å². The lowest BCUT2D eigenvalue weighted by atomic mass is 10.2. The second kappa shape index (κ2) is 5.31. The zero-order valence-corrected chi connectivity index (χ0v) is 10.4. The molecule has 0 aliphatic heterocycles. The smallest absolute Gasteiger partial charge is 0.307 e. The molecule has 1 aromatic carbocycles. The van der Waals surface area contributed by atoms with Crippen LogP contribution in [0, 0.1) is 13.8 Å². The molecule has 0 fully saturated rings. The summed E-state index contributed by atoms with van der Waals surface area (Å²) in [6, 6.07) is 11.1. The zero-order chi connectivity index (χ0) is 13.0. The van der Waals surface area contributed by atoms with Gasteiger partial charge in [0.2, 0.25) is 0 Å². The van der Waals surface area contributed by atoms with E-state index in [1.54, 1.807) is 6.20 Å². The molecule has 0 saturated carbocycles. The normalized spacial score (nSPS) is 9.89. The number of aryl methyl sites for hydroxylation is 2. The Balaban J connectivity index is 2.06. The molecular weight excluding hydrogens is 226 g/mol. The van der Waals surface area contributed by atoms with Crippen molar-refractivity contribution in [2.75, 3.05) is 10.6 Å². The summed E-state index contributed by atoms with van der Waals surface area (Å²) in [7, 11) is 0. The minimum atomic E-state index is -0.286. The highest BCUT2D eigenvalue weighted by Gasteiger charge is 2.06. The lowest BCUT2D eigenvalue weighted by molar-refractivity contribution is 0.262. The molecule has 18 heavy (non-hydrogen) atoms. The number of amides is 2. The minimum absolute atomic E-state index is 0.286. The Hall–Kier alpha value is -2.36. The number of benzene rings is 1. The summed E-state index contributed by atoms with van der Waals surface area (Å²) in [5.74, 6) is 0.573. The van der Waals surface area contributed by atoms with Gasteiger partial charge in [-0.25, -0.2) is 9.78 Å². The molecule has 0 unspecified atom stereocenters. The number of carbonyl (C=O) groups is 1. The maximum Gasteiger partial charge on any atom is 0.324 e. The first-order valence-corrected chi connectivity index (χ1v) is 5.72. The first-order valence-electron chi connectivity index (χ1n) is 5.72. The molecule has 1 aromatic heterocycles. The fraction of sp³-hybridized carbons (Fsp3) is 0.143. The van der Waals surface area contributed by atoms with E-state index >= 15 is 0 Å². The summed E-state index contributed by atoms with van der Waals surface area (Å²) in [6.45, 7) is 3.85. The van der Waals surface area contributed by atoms with Crippen LogP contribution >= 0.6 is 0 Å². The van der Waals surface area contributed by atoms with E-state index in [-0.39, 0.29) is 6.03 Å². The van der Waals surface area contributed by atoms with Crippen LogP contribution in [0.25, 0.3) is 0 Å². The van der Waals surface area contributed by atoms with E-state index in [2.05, 4.69) is 15.6 Å². The minimum Gasteiger partial charge on any atom is -0.307 e. The third kappa shape index (κ3) is 2.85. The summed E-state index contributed by atoms with van der Waals surface area (Å²) in [5, 5.41) is 5.52. The third-order valence-corrected chi connectivity index (χ3v) is 2.63. The van der Waals surface area contributed by atoms with Crippen molar-refractivity contribution >= 4 is 17.5 Å². The van der Waals surface area contributed by atoms with Gasteiger partial charge in [-0.1, -0.05) is 24.3 Å². The van der Waals surface area contributed by atoms with E-state index in [0.29, 0.717) is 5.82 Å². The fourth-order valence-corrected chi connectivity index (χ4v) is 1.59. The number of nitrogens with one attached hydrogen (secondary N) is 2. The van der Waals surface area contributed by atoms with Crippen molar-refractivity contribution < 1.29 is 4.79 Å². The Bertz CT molecular complexity index is 517. The topological polar surface area (TPSA) is 54.0 Å². The third-order valence-electron chi connectivity index (χ3n) is 2.63. The number of pyridine rings is 1. The highest BCUT2D eigenvalue weighted by atomic mass is 16.2. The van der Waals surface area contributed by atoms with Crippen molar-refractivity contribution in [3.63, 3.8) is 0 Å². The van der Waals surface area contributed by atoms with Crippen LogP contribution in [0.2, 0.25) is 0 Å². The molecule has 0 spiro atoms. The van der Waals surface area contributed by atoms with Crippen molar-refractivity contribution in [3.05, 3.63) is 53.7 Å². The number of urea groups is 1. The van der Waals surface area contributed by atoms with Crippen LogP contribution in [0.3, 0.4) is 0 Å². The number of carbonyl (C=O) groups excluding carboxylic acids is 1. The molecule has 2 rings (SSSR count). The quantitative estimate of drug-likeness (QED) is 0.847. The molecule has 2 aromatic rings. The van der Waals surface area contributed by atoms with Gasteiger partial charge in [-0.05, 0) is 37.1 Å². The van der Waals surface area contributed by atoms with Gasteiger partial charge < -0.3 is 5.32 Å². The highest BCUT2D eigenvalue weighted by Crippen LogP contribution is 2.14. The molecule has 92 valence electrons. The van der Waals surface area contributed by atoms with Crippen LogP contribution in [-0.2, 0) is 0 Å². The van der Waals surface area contributed by atoms with E-state index < -0.39 is 0 Å². The Morgan fingerprint density at radius 1 is 1.00 bits per heavy atom. The lowest BCUT2D eigenvalue weighted by Crippen LogP contribution is -2.21. The second-order valence-electron chi connectivity index (χ2n) is 4.06. The molecular formula is C14H15N3O. The maximum absolute atomic E-state index is 11.8. The number of hydrogen-bond acceptors (Lipinski definition) is 2. The molecule has 0 bridgehead atoms. The Morgan fingerprint density at radius 2 is 1.72 bits per heavy atom. The van der Waals surface area contributed by atoms with Crippen LogP contribution < -0.4 is 10.6 Å². The SMILES string of the molecule is Cc1ccccc1NC(=O)Nc1ncccc1C. The zero-order valence-electron chi connectivity index (χ0n) is 10.4. The maximum atomic E-state index is 11.8. The van der Waals surface area contributed by atoms with E-state index in [0.717, 1.165) is 16.8 Å². The molecule has 0 aliphatic rings. The van der Waals surface area contributed by atoms with Gasteiger partial charge >= 0.3 is 6.03 Å². The van der Waals surface area contributed by atoms with Crippen LogP contribution in [0.5, 0.6) is 0 Å². The van der Waals surface area contributed by atoms with Gasteiger partial charge in [0.1, 0.15) is 5.82 Å². The average molecular weight is 241 g/mol. The molecule has 0 saturated heterocycles. The average Bonchev–Trinajstić information content (AvgIpc) is 2.35. The van der Waals surface area contributed by atoms with Gasteiger partial charge in [0.15, 0.2) is 0 Å². The molecule has 1 heterocycles. The van der Waals surface area contributed by atoms with Gasteiger partial charge in [0, 0.05) is 11.9 Å². The predicted molar refractivity (Wildman–Crippen MR) is 72.8 cm³/mol. The summed E-state index contributed by atoms with van der Waals surface area (Å²) < 4.78 is 0. The van der Waals surface area contributed by atoms with Crippen LogP contribution in [0.4, 0.5) is 16.3 Å². The van der Waals surface area contributed by atoms with Gasteiger partial charge in [0.05, 0.1) is 0 Å². The van der Waals surface area contributed by atoms with Crippen molar-refractivity contribution in [1.29, 1.82) is 0 Å². The molecule has 0 radical (unpaired) electrons. The predicted octanol–water partition coefficient (Wildman–Crippen LogP) is 3.34. The van der Waals surface area contributed by atoms with Crippen molar-refractivity contribution in [2.45, 2.75) is 13.8 Å². The van der Waals surface area contributed by atoms with Gasteiger partial charge in [0.25, 0.3) is 0 Å². The number of aromatic nitrogens is 1. The van der Waals surface area contributed by atoms with E-state index in [1.165, 1.54) is 0 Å². The summed E-state index contributed by atoms with van der Waals surface area (Å²) >= 11 is 0. The number of rotatable bonds is 2. The molecule has 2 amide bonds. The van der Waals surface area contributed by atoms with Gasteiger partial charge in [-0.3, -0.25) is 5.32 Å². The summed E-state index contributed by atoms with van der Waals surface area (Å²) in [5.41, 5.74) is 2.74. The molecule has 4 heteroatoms. The summed E-state index contributed by atoms with van der Waals surface area (Å²) in [4.78, 5) is 15.9. The van der Waals surface area contributed by atoms with Crippen LogP contribution in [-0.4, -0.2) is 11.0 Å². The van der Waals surface area contributed by atoms with E-state index in [1.807, 2.05) is 50.2 Å². The number of para-hydroxylation sites is 1. The monoisotopic (exact) mass is 241 g/mol. The van der Waals surface area contributed by atoms with Gasteiger partial charge in [-0.2, -0.15) is 0 Å². The molecule has 4 nitrogen and oxygen atoms in total. The second-order valence-corrected chi connectivity index (χ2v) is 4.06. The standard InChI is InChI=1S/C14H15N3O/c1-10-6-3-4-8-12(10)16-14(18)17-13-11(2)7-5-9-15-13/h3-9H,1-2H3,(H2,15,16,17,18). The van der Waals surface area contributed by atoms with Crippen molar-refractivity contribution in [3.8, 4) is 0 Å². The van der Waals surface area contributed by atoms with Crippen molar-refractivity contribution in [1.82, 2.24) is 4.98 Å². The number of anilines is 2. The van der Waals surface area contributed by atoms with Crippen LogP contribution in [0.1, 0.15) is 11.1 Å². The van der Waals surface area contributed by atoms with Crippen LogP contribution in [0.15, 0.2) is 42.6 Å². The number of hydrogen-bond donors (Lipinski definition) is 2. The largest absolute Gasteiger partial charge is 0.324 e. The fourth-order valence-electron chi connectivity index (χ4n) is 1.59. The Labute approximate surface area is 106 Å². The Morgan fingerprint density at radius 3 is 2.44 bits per heavy atom. The van der Waals surface area contributed by atoms with E-state index in [4.69, 9.17) is 0 Å². The molecule has 0 aliphatic carbocycles. The lowest BCUT2D eigenvalue weighted by Gasteiger charge is -2.10.